The van der Waals surface area contributed by atoms with Crippen molar-refractivity contribution < 1.29 is 9.63 Å². The molecule has 0 spiro atoms. The minimum atomic E-state index is 0.100. The van der Waals surface area contributed by atoms with Crippen molar-refractivity contribution in [2.45, 2.75) is 31.6 Å². The van der Waals surface area contributed by atoms with Crippen LogP contribution in [0, 0.1) is 0 Å². The molecule has 5 heteroatoms. The first-order chi connectivity index (χ1) is 8.33. The molecule has 2 aromatic rings. The highest BCUT2D eigenvalue weighted by Gasteiger charge is 2.22. The van der Waals surface area contributed by atoms with Gasteiger partial charge in [-0.15, -0.1) is 0 Å². The molecule has 88 valence electrons. The van der Waals surface area contributed by atoms with Gasteiger partial charge in [0, 0.05) is 12.1 Å². The molecule has 0 amide bonds. The van der Waals surface area contributed by atoms with E-state index in [1.54, 1.807) is 12.3 Å². The zero-order valence-electron chi connectivity index (χ0n) is 9.33. The molecule has 2 aromatic heterocycles. The number of aromatic nitrogens is 3. The van der Waals surface area contributed by atoms with Crippen molar-refractivity contribution in [3.05, 3.63) is 24.3 Å². The van der Waals surface area contributed by atoms with Gasteiger partial charge in [0.1, 0.15) is 5.75 Å². The normalized spacial score (nSPS) is 16.5. The van der Waals surface area contributed by atoms with Crippen LogP contribution in [0.25, 0.3) is 11.5 Å². The molecule has 1 fully saturated rings. The summed E-state index contributed by atoms with van der Waals surface area (Å²) in [6.07, 6.45) is 7.72. The van der Waals surface area contributed by atoms with Crippen molar-refractivity contribution >= 4 is 0 Å². The molecule has 0 saturated heterocycles. The van der Waals surface area contributed by atoms with Crippen molar-refractivity contribution in [2.75, 3.05) is 0 Å². The first kappa shape index (κ1) is 10.3. The lowest BCUT2D eigenvalue weighted by Gasteiger charge is -1.99. The van der Waals surface area contributed by atoms with Gasteiger partial charge < -0.3 is 9.63 Å². The fourth-order valence-corrected chi connectivity index (χ4v) is 2.25. The van der Waals surface area contributed by atoms with Crippen LogP contribution in [-0.2, 0) is 0 Å². The Morgan fingerprint density at radius 2 is 2.06 bits per heavy atom. The minimum Gasteiger partial charge on any atom is -0.506 e. The molecule has 5 nitrogen and oxygen atoms in total. The molecule has 0 aliphatic heterocycles. The van der Waals surface area contributed by atoms with Gasteiger partial charge in [0.15, 0.2) is 5.82 Å². The fraction of sp³-hybridized carbons (Fsp3) is 0.417. The first-order valence-corrected chi connectivity index (χ1v) is 5.81. The van der Waals surface area contributed by atoms with Crippen LogP contribution in [0.5, 0.6) is 5.75 Å². The van der Waals surface area contributed by atoms with E-state index in [9.17, 15) is 5.11 Å². The van der Waals surface area contributed by atoms with E-state index in [0.29, 0.717) is 17.4 Å². The summed E-state index contributed by atoms with van der Waals surface area (Å²) >= 11 is 0. The summed E-state index contributed by atoms with van der Waals surface area (Å²) in [4.78, 5) is 8.26. The second kappa shape index (κ2) is 4.16. The Bertz CT molecular complexity index is 518. The largest absolute Gasteiger partial charge is 0.506 e. The van der Waals surface area contributed by atoms with Crippen molar-refractivity contribution in [3.8, 4) is 17.2 Å². The molecule has 17 heavy (non-hydrogen) atoms. The van der Waals surface area contributed by atoms with Gasteiger partial charge in [-0.05, 0) is 18.9 Å². The van der Waals surface area contributed by atoms with Crippen molar-refractivity contribution in [2.24, 2.45) is 0 Å². The Morgan fingerprint density at radius 1 is 1.24 bits per heavy atom. The van der Waals surface area contributed by atoms with Gasteiger partial charge in [0.05, 0.1) is 11.8 Å². The highest BCUT2D eigenvalue weighted by Crippen LogP contribution is 2.33. The monoisotopic (exact) mass is 231 g/mol. The Hall–Kier alpha value is -1.91. The Morgan fingerprint density at radius 3 is 2.82 bits per heavy atom. The predicted molar refractivity (Wildman–Crippen MR) is 60.4 cm³/mol. The molecule has 1 aliphatic carbocycles. The number of aromatic hydroxyl groups is 1. The summed E-state index contributed by atoms with van der Waals surface area (Å²) < 4.78 is 5.21. The second-order valence-corrected chi connectivity index (χ2v) is 4.37. The number of nitrogens with zero attached hydrogens (tertiary/aromatic N) is 3. The van der Waals surface area contributed by atoms with E-state index in [4.69, 9.17) is 4.52 Å². The number of rotatable bonds is 2. The molecule has 0 unspecified atom stereocenters. The molecular formula is C12H13N3O2. The van der Waals surface area contributed by atoms with Gasteiger partial charge >= 0.3 is 0 Å². The molecule has 1 N–H and O–H groups in total. The Labute approximate surface area is 98.5 Å². The van der Waals surface area contributed by atoms with Gasteiger partial charge in [-0.2, -0.15) is 4.98 Å². The van der Waals surface area contributed by atoms with Crippen molar-refractivity contribution in [1.82, 2.24) is 15.1 Å². The smallest absolute Gasteiger partial charge is 0.259 e. The van der Waals surface area contributed by atoms with Gasteiger partial charge in [-0.3, -0.25) is 4.98 Å². The topological polar surface area (TPSA) is 72.0 Å². The summed E-state index contributed by atoms with van der Waals surface area (Å²) in [5.74, 6) is 1.73. The van der Waals surface area contributed by atoms with Crippen LogP contribution < -0.4 is 0 Å². The van der Waals surface area contributed by atoms with Gasteiger partial charge in [-0.1, -0.05) is 18.0 Å². The average Bonchev–Trinajstić information content (AvgIpc) is 3.00. The van der Waals surface area contributed by atoms with E-state index < -0.39 is 0 Å². The lowest BCUT2D eigenvalue weighted by Crippen LogP contribution is -1.94. The molecule has 0 aromatic carbocycles. The van der Waals surface area contributed by atoms with Gasteiger partial charge in [0.2, 0.25) is 0 Å². The number of pyridine rings is 1. The van der Waals surface area contributed by atoms with Gasteiger partial charge in [-0.25, -0.2) is 0 Å². The summed E-state index contributed by atoms with van der Waals surface area (Å²) in [5, 5.41) is 13.3. The zero-order valence-corrected chi connectivity index (χ0v) is 9.33. The van der Waals surface area contributed by atoms with Crippen LogP contribution in [0.2, 0.25) is 0 Å². The van der Waals surface area contributed by atoms with Crippen LogP contribution >= 0.6 is 0 Å². The standard InChI is InChI=1S/C12H13N3O2/c16-10-5-9(6-13-7-10)12-14-11(15-17-12)8-3-1-2-4-8/h5-8,16H,1-4H2. The molecule has 0 radical (unpaired) electrons. The molecular weight excluding hydrogens is 218 g/mol. The van der Waals surface area contributed by atoms with Crippen LogP contribution in [0.15, 0.2) is 23.0 Å². The summed E-state index contributed by atoms with van der Waals surface area (Å²) in [7, 11) is 0. The molecule has 1 aliphatic rings. The van der Waals surface area contributed by atoms with E-state index in [1.165, 1.54) is 19.0 Å². The van der Waals surface area contributed by atoms with Crippen LogP contribution in [-0.4, -0.2) is 20.2 Å². The average molecular weight is 231 g/mol. The van der Waals surface area contributed by atoms with Crippen molar-refractivity contribution in [3.63, 3.8) is 0 Å². The maximum absolute atomic E-state index is 9.34. The van der Waals surface area contributed by atoms with E-state index in [2.05, 4.69) is 15.1 Å². The summed E-state index contributed by atoms with van der Waals surface area (Å²) in [5.41, 5.74) is 0.654. The minimum absolute atomic E-state index is 0.100. The maximum atomic E-state index is 9.34. The lowest BCUT2D eigenvalue weighted by atomic mass is 10.1. The quantitative estimate of drug-likeness (QED) is 0.859. The molecule has 0 bridgehead atoms. The maximum Gasteiger partial charge on any atom is 0.259 e. The molecule has 0 atom stereocenters. The third kappa shape index (κ3) is 2.00. The molecule has 1 saturated carbocycles. The molecule has 3 rings (SSSR count). The first-order valence-electron chi connectivity index (χ1n) is 5.81. The molecule has 2 heterocycles. The van der Waals surface area contributed by atoms with Crippen LogP contribution in [0.3, 0.4) is 0 Å². The highest BCUT2D eigenvalue weighted by molar-refractivity contribution is 5.53. The second-order valence-electron chi connectivity index (χ2n) is 4.37. The summed E-state index contributed by atoms with van der Waals surface area (Å²) in [6.45, 7) is 0. The zero-order chi connectivity index (χ0) is 11.7. The SMILES string of the molecule is Oc1cncc(-c2nc(C3CCCC3)no2)c1. The van der Waals surface area contributed by atoms with Crippen LogP contribution in [0.1, 0.15) is 37.4 Å². The van der Waals surface area contributed by atoms with E-state index >= 15 is 0 Å². The van der Waals surface area contributed by atoms with Crippen molar-refractivity contribution in [1.29, 1.82) is 0 Å². The summed E-state index contributed by atoms with van der Waals surface area (Å²) in [6, 6.07) is 1.57. The Kier molecular flexibility index (Phi) is 2.51. The third-order valence-corrected chi connectivity index (χ3v) is 3.13. The van der Waals surface area contributed by atoms with Crippen LogP contribution in [0.4, 0.5) is 0 Å². The van der Waals surface area contributed by atoms with E-state index in [1.807, 2.05) is 0 Å². The third-order valence-electron chi connectivity index (χ3n) is 3.13. The lowest BCUT2D eigenvalue weighted by molar-refractivity contribution is 0.415. The van der Waals surface area contributed by atoms with E-state index in [0.717, 1.165) is 18.7 Å². The Balaban J connectivity index is 1.89. The van der Waals surface area contributed by atoms with Gasteiger partial charge in [0.25, 0.3) is 5.89 Å². The number of hydrogen-bond donors (Lipinski definition) is 1. The predicted octanol–water partition coefficient (Wildman–Crippen LogP) is 2.49. The van der Waals surface area contributed by atoms with E-state index in [-0.39, 0.29) is 5.75 Å². The fourth-order valence-electron chi connectivity index (χ4n) is 2.25. The highest BCUT2D eigenvalue weighted by atomic mass is 16.5. The number of hydrogen-bond acceptors (Lipinski definition) is 5.